The number of rotatable bonds is 1. The van der Waals surface area contributed by atoms with E-state index in [-0.39, 0.29) is 23.5 Å². The van der Waals surface area contributed by atoms with Crippen LogP contribution >= 0.6 is 27.5 Å². The number of piperazine rings is 1. The second kappa shape index (κ2) is 7.20. The van der Waals surface area contributed by atoms with Crippen molar-refractivity contribution in [3.05, 3.63) is 22.1 Å². The lowest BCUT2D eigenvalue weighted by atomic mass is 10.1. The number of hydrogen-bond donors (Lipinski definition) is 0. The molecule has 2 aromatic heterocycles. The van der Waals surface area contributed by atoms with Gasteiger partial charge in [0.15, 0.2) is 0 Å². The Kier molecular flexibility index (Phi) is 4.82. The van der Waals surface area contributed by atoms with Gasteiger partial charge in [0.2, 0.25) is 5.28 Å². The van der Waals surface area contributed by atoms with Crippen molar-refractivity contribution >= 4 is 61.4 Å². The summed E-state index contributed by atoms with van der Waals surface area (Å²) >= 11 is 9.95. The van der Waals surface area contributed by atoms with Gasteiger partial charge in [-0.05, 0) is 67.2 Å². The number of amides is 1. The number of carbonyl (C=O) groups excluding carboxylic acids is 1. The summed E-state index contributed by atoms with van der Waals surface area (Å²) in [6.07, 6.45) is 3.45. The van der Waals surface area contributed by atoms with Gasteiger partial charge in [-0.3, -0.25) is 4.90 Å². The van der Waals surface area contributed by atoms with Crippen molar-refractivity contribution in [2.24, 2.45) is 7.05 Å². The molecule has 2 bridgehead atoms. The summed E-state index contributed by atoms with van der Waals surface area (Å²) in [4.78, 5) is 30.7. The van der Waals surface area contributed by atoms with E-state index in [0.717, 1.165) is 45.1 Å². The molecule has 3 aromatic rings. The van der Waals surface area contributed by atoms with Crippen molar-refractivity contribution in [1.29, 1.82) is 0 Å². The van der Waals surface area contributed by atoms with Crippen molar-refractivity contribution in [3.63, 3.8) is 0 Å². The van der Waals surface area contributed by atoms with Crippen molar-refractivity contribution in [2.45, 2.75) is 51.3 Å². The van der Waals surface area contributed by atoms with E-state index in [4.69, 9.17) is 16.3 Å². The Morgan fingerprint density at radius 2 is 1.90 bits per heavy atom. The molecule has 10 heteroatoms. The van der Waals surface area contributed by atoms with Crippen LogP contribution in [-0.4, -0.2) is 61.3 Å². The molecule has 0 N–H and O–H groups in total. The van der Waals surface area contributed by atoms with Gasteiger partial charge in [0, 0.05) is 24.6 Å². The predicted octanol–water partition coefficient (Wildman–Crippen LogP) is 4.52. The van der Waals surface area contributed by atoms with E-state index in [1.807, 2.05) is 43.4 Å². The zero-order valence-corrected chi connectivity index (χ0v) is 20.2. The van der Waals surface area contributed by atoms with Crippen LogP contribution in [0.3, 0.4) is 0 Å². The molecule has 2 atom stereocenters. The number of carbonyl (C=O) groups is 1. The first-order valence-corrected chi connectivity index (χ1v) is 11.5. The van der Waals surface area contributed by atoms with Gasteiger partial charge in [-0.1, -0.05) is 0 Å². The predicted molar refractivity (Wildman–Crippen MR) is 124 cm³/mol. The van der Waals surface area contributed by atoms with E-state index in [0.29, 0.717) is 13.1 Å². The van der Waals surface area contributed by atoms with Gasteiger partial charge >= 0.3 is 6.09 Å². The maximum Gasteiger partial charge on any atom is 0.410 e. The molecule has 8 nitrogen and oxygen atoms in total. The molecule has 1 aromatic carbocycles. The molecule has 2 aliphatic rings. The van der Waals surface area contributed by atoms with Crippen molar-refractivity contribution in [3.8, 4) is 0 Å². The van der Waals surface area contributed by atoms with Crippen molar-refractivity contribution < 1.29 is 9.53 Å². The minimum Gasteiger partial charge on any atom is -0.444 e. The largest absolute Gasteiger partial charge is 0.444 e. The van der Waals surface area contributed by atoms with Crippen LogP contribution in [0.1, 0.15) is 33.6 Å². The minimum atomic E-state index is -0.512. The molecule has 164 valence electrons. The number of ether oxygens (including phenoxy) is 1. The van der Waals surface area contributed by atoms with Crippen molar-refractivity contribution in [1.82, 2.24) is 24.4 Å². The molecule has 5 rings (SSSR count). The first-order valence-electron chi connectivity index (χ1n) is 10.4. The van der Waals surface area contributed by atoms with Crippen molar-refractivity contribution in [2.75, 3.05) is 18.0 Å². The Hall–Kier alpha value is -2.13. The molecular weight excluding hydrogens is 484 g/mol. The zero-order valence-electron chi connectivity index (χ0n) is 17.9. The van der Waals surface area contributed by atoms with Crippen LogP contribution in [0.2, 0.25) is 5.28 Å². The molecule has 31 heavy (non-hydrogen) atoms. The van der Waals surface area contributed by atoms with Crippen LogP contribution in [0, 0.1) is 0 Å². The Morgan fingerprint density at radius 3 is 2.55 bits per heavy atom. The Balaban J connectivity index is 1.56. The fourth-order valence-electron chi connectivity index (χ4n) is 4.77. The summed E-state index contributed by atoms with van der Waals surface area (Å²) < 4.78 is 8.55. The second-order valence-corrected chi connectivity index (χ2v) is 10.5. The number of hydrogen-bond acceptors (Lipinski definition) is 6. The monoisotopic (exact) mass is 506 g/mol. The molecule has 0 unspecified atom stereocenters. The van der Waals surface area contributed by atoms with Crippen LogP contribution in [0.4, 0.5) is 10.6 Å². The van der Waals surface area contributed by atoms with E-state index >= 15 is 0 Å². The molecule has 0 aliphatic carbocycles. The highest BCUT2D eigenvalue weighted by molar-refractivity contribution is 9.10. The third-order valence-corrected chi connectivity index (χ3v) is 6.71. The quantitative estimate of drug-likeness (QED) is 0.451. The molecule has 0 radical (unpaired) electrons. The van der Waals surface area contributed by atoms with Gasteiger partial charge in [-0.2, -0.15) is 4.98 Å². The average Bonchev–Trinajstić information content (AvgIpc) is 3.17. The highest BCUT2D eigenvalue weighted by Crippen LogP contribution is 2.39. The first-order chi connectivity index (χ1) is 14.6. The standard InChI is InChI=1S/C21H24BrClN6O2/c1-21(2,3)31-20(30)29-11-5-6-12(29)9-28(8-11)18-15-14(25-19(23)26-18)7-13(22)17-16(15)24-10-27(17)4/h7,10-12H,5-6,8-9H2,1-4H3/t11-,12+. The van der Waals surface area contributed by atoms with Gasteiger partial charge in [-0.15, -0.1) is 0 Å². The lowest BCUT2D eigenvalue weighted by molar-refractivity contribution is 0.0123. The zero-order chi connectivity index (χ0) is 22.1. The second-order valence-electron chi connectivity index (χ2n) is 9.30. The van der Waals surface area contributed by atoms with Crippen LogP contribution in [-0.2, 0) is 11.8 Å². The molecule has 0 spiro atoms. The third kappa shape index (κ3) is 3.51. The summed E-state index contributed by atoms with van der Waals surface area (Å²) in [6.45, 7) is 7.03. The summed E-state index contributed by atoms with van der Waals surface area (Å²) in [6, 6.07) is 2.11. The number of aromatic nitrogens is 4. The number of imidazole rings is 1. The number of benzene rings is 1. The summed E-state index contributed by atoms with van der Waals surface area (Å²) in [5, 5.41) is 1.08. The van der Waals surface area contributed by atoms with E-state index in [9.17, 15) is 4.79 Å². The lowest BCUT2D eigenvalue weighted by Gasteiger charge is -2.42. The number of halogens is 2. The number of fused-ring (bicyclic) bond motifs is 5. The van der Waals surface area contributed by atoms with Crippen LogP contribution in [0.15, 0.2) is 16.9 Å². The highest BCUT2D eigenvalue weighted by atomic mass is 79.9. The van der Waals surface area contributed by atoms with Gasteiger partial charge in [-0.25, -0.2) is 14.8 Å². The molecular formula is C21H24BrClN6O2. The number of aryl methyl sites for hydroxylation is 1. The third-order valence-electron chi connectivity index (χ3n) is 5.94. The summed E-state index contributed by atoms with van der Waals surface area (Å²) in [5.41, 5.74) is 2.05. The van der Waals surface area contributed by atoms with Gasteiger partial charge in [0.25, 0.3) is 0 Å². The first kappa shape index (κ1) is 20.8. The topological polar surface area (TPSA) is 76.4 Å². The highest BCUT2D eigenvalue weighted by Gasteiger charge is 2.45. The maximum atomic E-state index is 12.8. The molecule has 2 saturated heterocycles. The van der Waals surface area contributed by atoms with Gasteiger partial charge < -0.3 is 14.2 Å². The lowest BCUT2D eigenvalue weighted by Crippen LogP contribution is -2.57. The van der Waals surface area contributed by atoms with E-state index in [1.165, 1.54) is 0 Å². The smallest absolute Gasteiger partial charge is 0.410 e. The Morgan fingerprint density at radius 1 is 1.23 bits per heavy atom. The molecule has 2 aliphatic heterocycles. The Labute approximate surface area is 193 Å². The average molecular weight is 508 g/mol. The fourth-order valence-corrected chi connectivity index (χ4v) is 5.63. The minimum absolute atomic E-state index is 0.0760. The normalized spacial score (nSPS) is 21.4. The van der Waals surface area contributed by atoms with Crippen LogP contribution in [0.5, 0.6) is 0 Å². The summed E-state index contributed by atoms with van der Waals surface area (Å²) in [7, 11) is 1.96. The van der Waals surface area contributed by atoms with Gasteiger partial charge in [0.05, 0.1) is 34.8 Å². The fraction of sp³-hybridized carbons (Fsp3) is 0.524. The van der Waals surface area contributed by atoms with E-state index in [2.05, 4.69) is 35.8 Å². The van der Waals surface area contributed by atoms with Gasteiger partial charge in [0.1, 0.15) is 16.9 Å². The van der Waals surface area contributed by atoms with Crippen LogP contribution < -0.4 is 4.90 Å². The van der Waals surface area contributed by atoms with E-state index < -0.39 is 5.60 Å². The SMILES string of the molecule is Cn1cnc2c3c(N4C[C@H]5CC[C@@H](C4)N5C(=O)OC(C)(C)C)nc(Cl)nc3cc(Br)c21. The number of nitrogens with zero attached hydrogens (tertiary/aromatic N) is 6. The van der Waals surface area contributed by atoms with Crippen LogP contribution in [0.25, 0.3) is 21.9 Å². The Bertz CT molecular complexity index is 1190. The summed E-state index contributed by atoms with van der Waals surface area (Å²) in [5.74, 6) is 0.770. The number of anilines is 1. The molecule has 4 heterocycles. The molecule has 2 fully saturated rings. The molecule has 0 saturated carbocycles. The van der Waals surface area contributed by atoms with E-state index in [1.54, 1.807) is 6.33 Å². The maximum absolute atomic E-state index is 12.8. The molecule has 1 amide bonds.